The van der Waals surface area contributed by atoms with Crippen molar-refractivity contribution in [3.05, 3.63) is 16.1 Å². The number of likely N-dealkylation sites (tertiary alicyclic amines) is 1. The van der Waals surface area contributed by atoms with Gasteiger partial charge in [0.25, 0.3) is 0 Å². The summed E-state index contributed by atoms with van der Waals surface area (Å²) in [5, 5.41) is 8.21. The van der Waals surface area contributed by atoms with Gasteiger partial charge in [0.05, 0.1) is 5.01 Å². The van der Waals surface area contributed by atoms with Gasteiger partial charge in [-0.3, -0.25) is 4.99 Å². The van der Waals surface area contributed by atoms with Crippen molar-refractivity contribution in [2.75, 3.05) is 33.2 Å². The van der Waals surface area contributed by atoms with Crippen molar-refractivity contribution in [3.8, 4) is 0 Å². The first-order valence-corrected chi connectivity index (χ1v) is 10.1. The number of piperidine rings is 1. The van der Waals surface area contributed by atoms with Crippen molar-refractivity contribution in [2.45, 2.75) is 52.5 Å². The third-order valence-corrected chi connectivity index (χ3v) is 5.56. The van der Waals surface area contributed by atoms with Crippen LogP contribution in [0.3, 0.4) is 0 Å². The molecule has 25 heavy (non-hydrogen) atoms. The van der Waals surface area contributed by atoms with E-state index in [4.69, 9.17) is 0 Å². The normalized spacial score (nSPS) is 16.8. The molecule has 1 aliphatic rings. The average Bonchev–Trinajstić information content (AvgIpc) is 3.03. The predicted octanol–water partition coefficient (Wildman–Crippen LogP) is 3.15. The monoisotopic (exact) mass is 479 g/mol. The van der Waals surface area contributed by atoms with Gasteiger partial charge in [0.2, 0.25) is 0 Å². The standard InChI is InChI=1S/C18H33N5S.HI/c1-5-16-12-21-17(24-16)6-9-20-18(19-4)22-15-7-10-23(11-8-15)13-14(2)3;/h12,14-15H,5-11,13H2,1-4H3,(H2,19,20,22);1H. The Morgan fingerprint density at radius 1 is 1.40 bits per heavy atom. The number of aryl methyl sites for hydroxylation is 1. The SMILES string of the molecule is CCc1cnc(CCNC(=NC)NC2CCN(CC(C)C)CC2)s1.I. The van der Waals surface area contributed by atoms with Gasteiger partial charge in [-0.15, -0.1) is 35.3 Å². The Bertz CT molecular complexity index is 509. The number of thiazole rings is 1. The molecule has 7 heteroatoms. The fourth-order valence-corrected chi connectivity index (χ4v) is 3.94. The number of guanidine groups is 1. The van der Waals surface area contributed by atoms with Gasteiger partial charge in [-0.05, 0) is 25.2 Å². The molecule has 1 aromatic heterocycles. The molecule has 1 aromatic rings. The zero-order valence-corrected chi connectivity index (χ0v) is 19.2. The first-order valence-electron chi connectivity index (χ1n) is 9.23. The van der Waals surface area contributed by atoms with Crippen LogP contribution >= 0.6 is 35.3 Å². The van der Waals surface area contributed by atoms with Gasteiger partial charge in [0.1, 0.15) is 0 Å². The Labute approximate surface area is 174 Å². The third-order valence-electron chi connectivity index (χ3n) is 4.36. The fraction of sp³-hybridized carbons (Fsp3) is 0.778. The Morgan fingerprint density at radius 3 is 2.68 bits per heavy atom. The highest BCUT2D eigenvalue weighted by Crippen LogP contribution is 2.14. The molecule has 0 atom stereocenters. The van der Waals surface area contributed by atoms with E-state index in [9.17, 15) is 0 Å². The van der Waals surface area contributed by atoms with Crippen molar-refractivity contribution in [3.63, 3.8) is 0 Å². The molecule has 0 unspecified atom stereocenters. The van der Waals surface area contributed by atoms with E-state index in [-0.39, 0.29) is 24.0 Å². The lowest BCUT2D eigenvalue weighted by Gasteiger charge is -2.33. The first-order chi connectivity index (χ1) is 11.6. The molecule has 5 nitrogen and oxygen atoms in total. The van der Waals surface area contributed by atoms with Crippen molar-refractivity contribution in [2.24, 2.45) is 10.9 Å². The predicted molar refractivity (Wildman–Crippen MR) is 119 cm³/mol. The maximum atomic E-state index is 4.47. The van der Waals surface area contributed by atoms with Crippen LogP contribution in [0.2, 0.25) is 0 Å². The highest BCUT2D eigenvalue weighted by atomic mass is 127. The Balaban J connectivity index is 0.00000312. The lowest BCUT2D eigenvalue weighted by atomic mass is 10.0. The lowest BCUT2D eigenvalue weighted by Crippen LogP contribution is -2.49. The minimum absolute atomic E-state index is 0. The van der Waals surface area contributed by atoms with Crippen LogP contribution in [0.4, 0.5) is 0 Å². The van der Waals surface area contributed by atoms with Gasteiger partial charge in [-0.1, -0.05) is 20.8 Å². The maximum Gasteiger partial charge on any atom is 0.191 e. The fourth-order valence-electron chi connectivity index (χ4n) is 3.08. The third kappa shape index (κ3) is 8.21. The molecule has 1 fully saturated rings. The minimum Gasteiger partial charge on any atom is -0.356 e. The van der Waals surface area contributed by atoms with Gasteiger partial charge in [-0.2, -0.15) is 0 Å². The van der Waals surface area contributed by atoms with Crippen molar-refractivity contribution < 1.29 is 0 Å². The largest absolute Gasteiger partial charge is 0.356 e. The summed E-state index contributed by atoms with van der Waals surface area (Å²) in [6.45, 7) is 11.2. The van der Waals surface area contributed by atoms with Crippen LogP contribution in [0.1, 0.15) is 43.5 Å². The molecule has 144 valence electrons. The van der Waals surface area contributed by atoms with Gasteiger partial charge >= 0.3 is 0 Å². The topological polar surface area (TPSA) is 52.6 Å². The van der Waals surface area contributed by atoms with Crippen LogP contribution in [-0.2, 0) is 12.8 Å². The molecular formula is C18H34IN5S. The quantitative estimate of drug-likeness (QED) is 0.359. The number of aliphatic imine (C=N–C) groups is 1. The minimum atomic E-state index is 0. The Kier molecular flexibility index (Phi) is 10.9. The van der Waals surface area contributed by atoms with E-state index in [1.165, 1.54) is 42.4 Å². The average molecular weight is 479 g/mol. The number of hydrogen-bond donors (Lipinski definition) is 2. The maximum absolute atomic E-state index is 4.47. The zero-order chi connectivity index (χ0) is 17.4. The number of halogens is 1. The number of nitrogens with one attached hydrogen (secondary N) is 2. The second-order valence-corrected chi connectivity index (χ2v) is 8.14. The van der Waals surface area contributed by atoms with Crippen LogP contribution in [0, 0.1) is 5.92 Å². The number of aromatic nitrogens is 1. The molecule has 2 N–H and O–H groups in total. The van der Waals surface area contributed by atoms with Gasteiger partial charge < -0.3 is 15.5 Å². The lowest BCUT2D eigenvalue weighted by molar-refractivity contribution is 0.187. The molecule has 0 spiro atoms. The summed E-state index contributed by atoms with van der Waals surface area (Å²) >= 11 is 1.82. The van der Waals surface area contributed by atoms with Crippen LogP contribution in [0.25, 0.3) is 0 Å². The molecule has 2 heterocycles. The second kappa shape index (κ2) is 12.1. The van der Waals surface area contributed by atoms with E-state index < -0.39 is 0 Å². The van der Waals surface area contributed by atoms with Crippen molar-refractivity contribution in [1.82, 2.24) is 20.5 Å². The second-order valence-electron chi connectivity index (χ2n) is 6.94. The number of nitrogens with zero attached hydrogens (tertiary/aromatic N) is 3. The number of rotatable bonds is 7. The van der Waals surface area contributed by atoms with E-state index >= 15 is 0 Å². The molecule has 2 rings (SSSR count). The van der Waals surface area contributed by atoms with E-state index in [0.717, 1.165) is 31.3 Å². The molecule has 1 saturated heterocycles. The summed E-state index contributed by atoms with van der Waals surface area (Å²) in [6, 6.07) is 0.533. The molecule has 0 radical (unpaired) electrons. The molecule has 0 saturated carbocycles. The van der Waals surface area contributed by atoms with Crippen LogP contribution in [0.5, 0.6) is 0 Å². The Hall–Kier alpha value is -0.410. The van der Waals surface area contributed by atoms with E-state index in [0.29, 0.717) is 6.04 Å². The molecule has 0 amide bonds. The Morgan fingerprint density at radius 2 is 2.12 bits per heavy atom. The number of hydrogen-bond acceptors (Lipinski definition) is 4. The summed E-state index contributed by atoms with van der Waals surface area (Å²) in [5.41, 5.74) is 0. The summed E-state index contributed by atoms with van der Waals surface area (Å²) in [4.78, 5) is 12.8. The smallest absolute Gasteiger partial charge is 0.191 e. The molecule has 0 bridgehead atoms. The zero-order valence-electron chi connectivity index (χ0n) is 16.0. The molecular weight excluding hydrogens is 445 g/mol. The van der Waals surface area contributed by atoms with Crippen LogP contribution in [-0.4, -0.2) is 55.1 Å². The highest BCUT2D eigenvalue weighted by molar-refractivity contribution is 14.0. The van der Waals surface area contributed by atoms with E-state index in [1.807, 2.05) is 24.6 Å². The van der Waals surface area contributed by atoms with E-state index in [1.54, 1.807) is 0 Å². The van der Waals surface area contributed by atoms with E-state index in [2.05, 4.69) is 46.3 Å². The first kappa shape index (κ1) is 22.6. The molecule has 0 aromatic carbocycles. The highest BCUT2D eigenvalue weighted by Gasteiger charge is 2.20. The molecule has 0 aliphatic carbocycles. The van der Waals surface area contributed by atoms with Gasteiger partial charge in [0, 0.05) is 56.8 Å². The van der Waals surface area contributed by atoms with Crippen LogP contribution in [0.15, 0.2) is 11.2 Å². The summed E-state index contributed by atoms with van der Waals surface area (Å²) in [7, 11) is 1.85. The van der Waals surface area contributed by atoms with Crippen molar-refractivity contribution in [1.29, 1.82) is 0 Å². The summed E-state index contributed by atoms with van der Waals surface area (Å²) in [5.74, 6) is 1.67. The molecule has 1 aliphatic heterocycles. The van der Waals surface area contributed by atoms with Gasteiger partial charge in [-0.25, -0.2) is 4.98 Å². The van der Waals surface area contributed by atoms with Gasteiger partial charge in [0.15, 0.2) is 5.96 Å². The van der Waals surface area contributed by atoms with Crippen LogP contribution < -0.4 is 10.6 Å². The van der Waals surface area contributed by atoms with Crippen molar-refractivity contribution >= 4 is 41.3 Å². The summed E-state index contributed by atoms with van der Waals surface area (Å²) < 4.78 is 0. The summed E-state index contributed by atoms with van der Waals surface area (Å²) in [6.07, 6.45) is 6.42.